The molecule has 42 valence electrons. The molecule has 0 aliphatic rings. The van der Waals surface area contributed by atoms with E-state index in [4.69, 9.17) is 16.7 Å². The van der Waals surface area contributed by atoms with E-state index in [-0.39, 0.29) is 15.6 Å². The maximum atomic E-state index is 9.66. The number of rotatable bonds is 1. The predicted molar refractivity (Wildman–Crippen MR) is 30.7 cm³/mol. The summed E-state index contributed by atoms with van der Waals surface area (Å²) in [6.07, 6.45) is -0.802. The van der Waals surface area contributed by atoms with Gasteiger partial charge in [-0.05, 0) is 6.92 Å². The summed E-state index contributed by atoms with van der Waals surface area (Å²) >= 11 is 5.23. The summed E-state index contributed by atoms with van der Waals surface area (Å²) < 4.78 is 9.65. The first-order valence-electron chi connectivity index (χ1n) is 1.68. The van der Waals surface area contributed by atoms with Crippen LogP contribution in [0.25, 0.3) is 0 Å². The molecule has 0 aliphatic heterocycles. The lowest BCUT2D eigenvalue weighted by Crippen LogP contribution is -2.08. The van der Waals surface area contributed by atoms with Gasteiger partial charge in [0.2, 0.25) is 0 Å². The van der Waals surface area contributed by atoms with Gasteiger partial charge in [-0.1, -0.05) is 11.6 Å². The highest BCUT2D eigenvalue weighted by Crippen LogP contribution is 1.86. The Morgan fingerprint density at radius 2 is 2.43 bits per heavy atom. The van der Waals surface area contributed by atoms with Gasteiger partial charge in [0.15, 0.2) is 0 Å². The summed E-state index contributed by atoms with van der Waals surface area (Å²) in [4.78, 5) is 0. The molecule has 0 rings (SSSR count). The van der Waals surface area contributed by atoms with Gasteiger partial charge in [0.25, 0.3) is 0 Å². The largest absolute Gasteiger partial charge is 0.387 e. The zero-order chi connectivity index (χ0) is 5.86. The van der Waals surface area contributed by atoms with Crippen molar-refractivity contribution in [2.75, 3.05) is 0 Å². The van der Waals surface area contributed by atoms with Crippen molar-refractivity contribution in [1.82, 2.24) is 0 Å². The van der Waals surface area contributed by atoms with Gasteiger partial charge in [0.1, 0.15) is 15.6 Å². The average Bonchev–Trinajstić information content (AvgIpc) is 1.65. The van der Waals surface area contributed by atoms with E-state index in [2.05, 4.69) is 0 Å². The van der Waals surface area contributed by atoms with Crippen molar-refractivity contribution in [2.45, 2.75) is 13.0 Å². The second-order valence-electron chi connectivity index (χ2n) is 1.06. The Bertz CT molecular complexity index is 106. The highest BCUT2D eigenvalue weighted by molar-refractivity contribution is 7.70. The summed E-state index contributed by atoms with van der Waals surface area (Å²) in [5.74, 6) is 0. The molecule has 0 amide bonds. The molecule has 1 unspecified atom stereocenters. The lowest BCUT2D eigenvalue weighted by Gasteiger charge is -1.91. The molecule has 0 heterocycles. The Hall–Kier alpha value is 0.140. The molecule has 0 spiro atoms. The molecule has 0 saturated carbocycles. The summed E-state index contributed by atoms with van der Waals surface area (Å²) in [5.41, 5.74) is 0. The number of halogens is 1. The zero-order valence-electron chi connectivity index (χ0n) is 3.72. The van der Waals surface area contributed by atoms with Crippen molar-refractivity contribution in [3.05, 3.63) is 0 Å². The van der Waals surface area contributed by atoms with Gasteiger partial charge in [0.05, 0.1) is 6.10 Å². The van der Waals surface area contributed by atoms with Crippen molar-refractivity contribution in [2.24, 2.45) is 0 Å². The minimum atomic E-state index is -0.802. The SMILES string of the molecule is CC(O)C(Cl)=S=O. The number of aliphatic hydroxyl groups excluding tert-OH is 1. The van der Waals surface area contributed by atoms with Crippen LogP contribution in [0.15, 0.2) is 0 Å². The maximum absolute atomic E-state index is 9.66. The fraction of sp³-hybridized carbons (Fsp3) is 0.667. The number of hydrogen-bond donors (Lipinski definition) is 1. The van der Waals surface area contributed by atoms with E-state index in [1.165, 1.54) is 6.92 Å². The first-order chi connectivity index (χ1) is 3.18. The molecule has 0 aliphatic carbocycles. The minimum Gasteiger partial charge on any atom is -0.387 e. The third-order valence-electron chi connectivity index (χ3n) is 0.408. The van der Waals surface area contributed by atoms with Crippen LogP contribution >= 0.6 is 11.6 Å². The number of hydrogen-bond acceptors (Lipinski definition) is 2. The molecular formula is C3H5ClO2S. The Labute approximate surface area is 50.2 Å². The van der Waals surface area contributed by atoms with E-state index in [1.807, 2.05) is 0 Å². The van der Waals surface area contributed by atoms with Crippen LogP contribution in [-0.4, -0.2) is 19.7 Å². The third kappa shape index (κ3) is 2.79. The maximum Gasteiger partial charge on any atom is 0.139 e. The average molecular weight is 141 g/mol. The minimum absolute atomic E-state index is 0.0139. The lowest BCUT2D eigenvalue weighted by atomic mass is 10.5. The fourth-order valence-corrected chi connectivity index (χ4v) is 0.209. The summed E-state index contributed by atoms with van der Waals surface area (Å²) in [5, 5.41) is 8.43. The molecule has 1 atom stereocenters. The van der Waals surface area contributed by atoms with Gasteiger partial charge in [-0.2, -0.15) is 0 Å². The lowest BCUT2D eigenvalue weighted by molar-refractivity contribution is 0.267. The van der Waals surface area contributed by atoms with Gasteiger partial charge in [-0.3, -0.25) is 0 Å². The first-order valence-corrected chi connectivity index (χ1v) is 2.80. The Kier molecular flexibility index (Phi) is 3.25. The van der Waals surface area contributed by atoms with Crippen LogP contribution in [-0.2, 0) is 11.3 Å². The third-order valence-corrected chi connectivity index (χ3v) is 1.41. The predicted octanol–water partition coefficient (Wildman–Crippen LogP) is -0.0511. The second-order valence-corrected chi connectivity index (χ2v) is 2.30. The topological polar surface area (TPSA) is 37.3 Å². The molecule has 0 radical (unpaired) electrons. The monoisotopic (exact) mass is 140 g/mol. The van der Waals surface area contributed by atoms with E-state index in [0.29, 0.717) is 0 Å². The summed E-state index contributed by atoms with van der Waals surface area (Å²) in [6, 6.07) is 0. The van der Waals surface area contributed by atoms with E-state index >= 15 is 0 Å². The van der Waals surface area contributed by atoms with E-state index in [1.54, 1.807) is 0 Å². The van der Waals surface area contributed by atoms with Crippen LogP contribution in [0.3, 0.4) is 0 Å². The molecule has 0 bridgehead atoms. The van der Waals surface area contributed by atoms with Crippen molar-refractivity contribution in [3.8, 4) is 0 Å². The van der Waals surface area contributed by atoms with E-state index in [9.17, 15) is 4.21 Å². The molecule has 0 aromatic rings. The standard InChI is InChI=1S/C3H5ClO2S/c1-2(5)3(4)7-6/h2,5H,1H3. The molecule has 0 saturated heterocycles. The van der Waals surface area contributed by atoms with Gasteiger partial charge < -0.3 is 5.11 Å². The molecule has 1 N–H and O–H groups in total. The van der Waals surface area contributed by atoms with Crippen LogP contribution in [0.2, 0.25) is 0 Å². The highest BCUT2D eigenvalue weighted by atomic mass is 35.5. The Morgan fingerprint density at radius 3 is 2.43 bits per heavy atom. The smallest absolute Gasteiger partial charge is 0.139 e. The van der Waals surface area contributed by atoms with Crippen LogP contribution in [0.1, 0.15) is 6.92 Å². The zero-order valence-corrected chi connectivity index (χ0v) is 5.29. The van der Waals surface area contributed by atoms with Gasteiger partial charge in [-0.25, -0.2) is 4.21 Å². The quantitative estimate of drug-likeness (QED) is 0.410. The van der Waals surface area contributed by atoms with Gasteiger partial charge in [0, 0.05) is 0 Å². The van der Waals surface area contributed by atoms with Crippen LogP contribution in [0, 0.1) is 0 Å². The molecule has 0 fully saturated rings. The summed E-state index contributed by atoms with van der Waals surface area (Å²) in [7, 11) is 0. The summed E-state index contributed by atoms with van der Waals surface area (Å²) in [6.45, 7) is 1.44. The molecule has 7 heavy (non-hydrogen) atoms. The van der Waals surface area contributed by atoms with Gasteiger partial charge >= 0.3 is 0 Å². The van der Waals surface area contributed by atoms with Crippen molar-refractivity contribution < 1.29 is 9.32 Å². The first kappa shape index (κ1) is 7.14. The Morgan fingerprint density at radius 1 is 2.00 bits per heavy atom. The molecule has 0 aromatic heterocycles. The normalized spacial score (nSPS) is 13.0. The van der Waals surface area contributed by atoms with Crippen molar-refractivity contribution >= 4 is 27.2 Å². The van der Waals surface area contributed by atoms with Crippen molar-refractivity contribution in [3.63, 3.8) is 0 Å². The number of aliphatic hydroxyl groups is 1. The Balaban J connectivity index is 3.81. The van der Waals surface area contributed by atoms with Crippen LogP contribution in [0.4, 0.5) is 0 Å². The van der Waals surface area contributed by atoms with Gasteiger partial charge in [-0.15, -0.1) is 0 Å². The van der Waals surface area contributed by atoms with Crippen LogP contribution in [0.5, 0.6) is 0 Å². The van der Waals surface area contributed by atoms with E-state index in [0.717, 1.165) is 0 Å². The van der Waals surface area contributed by atoms with Crippen LogP contribution < -0.4 is 0 Å². The molecule has 4 heteroatoms. The fourth-order valence-electron chi connectivity index (χ4n) is 0.0696. The molecule has 0 aromatic carbocycles. The molecule has 2 nitrogen and oxygen atoms in total. The highest BCUT2D eigenvalue weighted by Gasteiger charge is 1.98. The molecular weight excluding hydrogens is 136 g/mol. The van der Waals surface area contributed by atoms with E-state index < -0.39 is 6.10 Å². The van der Waals surface area contributed by atoms with Crippen molar-refractivity contribution in [1.29, 1.82) is 0 Å². The second kappa shape index (κ2) is 3.18.